The van der Waals surface area contributed by atoms with Crippen LogP contribution in [0.1, 0.15) is 5.69 Å². The second-order valence-electron chi connectivity index (χ2n) is 4.05. The van der Waals surface area contributed by atoms with Crippen LogP contribution in [0.25, 0.3) is 5.65 Å². The average Bonchev–Trinajstić information content (AvgIpc) is 2.83. The summed E-state index contributed by atoms with van der Waals surface area (Å²) in [5.41, 5.74) is 1.03. The zero-order valence-corrected chi connectivity index (χ0v) is 10.9. The number of nitrogens with zero attached hydrogens (tertiary/aromatic N) is 2. The van der Waals surface area contributed by atoms with Crippen molar-refractivity contribution in [3.05, 3.63) is 58.4 Å². The van der Waals surface area contributed by atoms with Gasteiger partial charge in [0.15, 0.2) is 5.65 Å². The molecule has 0 aliphatic rings. The first-order valence-electron chi connectivity index (χ1n) is 5.65. The van der Waals surface area contributed by atoms with Gasteiger partial charge in [-0.05, 0) is 25.1 Å². The third kappa shape index (κ3) is 2.15. The third-order valence-corrected chi connectivity index (χ3v) is 3.85. The van der Waals surface area contributed by atoms with Crippen molar-refractivity contribution in [3.63, 3.8) is 0 Å². The van der Waals surface area contributed by atoms with E-state index in [4.69, 9.17) is 0 Å². The molecule has 4 nitrogen and oxygen atoms in total. The Kier molecular flexibility index (Phi) is 2.87. The molecular weight excluding hydrogens is 265 g/mol. The SMILES string of the molecule is Cc1nc2cc[nH]n2c(=O)c1Sc1cccc(F)c1. The van der Waals surface area contributed by atoms with E-state index in [0.717, 1.165) is 0 Å². The number of halogens is 1. The lowest BCUT2D eigenvalue weighted by atomic mass is 10.3. The molecule has 2 aromatic heterocycles. The first-order valence-corrected chi connectivity index (χ1v) is 6.47. The molecule has 0 saturated heterocycles. The van der Waals surface area contributed by atoms with Crippen LogP contribution in [0.5, 0.6) is 0 Å². The molecule has 6 heteroatoms. The molecule has 3 rings (SSSR count). The van der Waals surface area contributed by atoms with Crippen LogP contribution in [-0.4, -0.2) is 14.6 Å². The molecule has 0 unspecified atom stereocenters. The zero-order chi connectivity index (χ0) is 13.4. The number of H-pyrrole nitrogens is 1. The molecule has 0 bridgehead atoms. The molecule has 2 heterocycles. The molecule has 1 aromatic carbocycles. The Hall–Kier alpha value is -2.08. The van der Waals surface area contributed by atoms with Crippen LogP contribution in [-0.2, 0) is 0 Å². The molecule has 3 aromatic rings. The van der Waals surface area contributed by atoms with Gasteiger partial charge in [0.25, 0.3) is 5.56 Å². The summed E-state index contributed by atoms with van der Waals surface area (Å²) in [6.07, 6.45) is 1.65. The highest BCUT2D eigenvalue weighted by Gasteiger charge is 2.12. The number of aryl methyl sites for hydroxylation is 1. The predicted molar refractivity (Wildman–Crippen MR) is 71.1 cm³/mol. The molecule has 1 N–H and O–H groups in total. The summed E-state index contributed by atoms with van der Waals surface area (Å²) in [5, 5.41) is 2.81. The van der Waals surface area contributed by atoms with Gasteiger partial charge in [-0.3, -0.25) is 9.89 Å². The monoisotopic (exact) mass is 275 g/mol. The van der Waals surface area contributed by atoms with Gasteiger partial charge in [-0.2, -0.15) is 0 Å². The lowest BCUT2D eigenvalue weighted by Gasteiger charge is -2.05. The maximum absolute atomic E-state index is 13.2. The quantitative estimate of drug-likeness (QED) is 0.782. The highest BCUT2D eigenvalue weighted by molar-refractivity contribution is 7.99. The summed E-state index contributed by atoms with van der Waals surface area (Å²) in [6.45, 7) is 1.77. The van der Waals surface area contributed by atoms with E-state index < -0.39 is 0 Å². The second kappa shape index (κ2) is 4.55. The van der Waals surface area contributed by atoms with E-state index in [0.29, 0.717) is 21.1 Å². The fourth-order valence-electron chi connectivity index (χ4n) is 1.82. The minimum atomic E-state index is -0.323. The number of rotatable bonds is 2. The van der Waals surface area contributed by atoms with E-state index in [1.54, 1.807) is 31.3 Å². The fraction of sp³-hybridized carbons (Fsp3) is 0.0769. The van der Waals surface area contributed by atoms with E-state index in [2.05, 4.69) is 10.1 Å². The molecule has 19 heavy (non-hydrogen) atoms. The van der Waals surface area contributed by atoms with Crippen molar-refractivity contribution >= 4 is 17.4 Å². The number of aromatic nitrogens is 3. The lowest BCUT2D eigenvalue weighted by Crippen LogP contribution is -2.18. The molecule has 0 aliphatic heterocycles. The molecule has 0 saturated carbocycles. The summed E-state index contributed by atoms with van der Waals surface area (Å²) in [6, 6.07) is 7.87. The van der Waals surface area contributed by atoms with Crippen LogP contribution in [0.2, 0.25) is 0 Å². The molecule has 0 aliphatic carbocycles. The minimum Gasteiger partial charge on any atom is -0.297 e. The molecule has 0 atom stereocenters. The van der Waals surface area contributed by atoms with E-state index in [9.17, 15) is 9.18 Å². The van der Waals surface area contributed by atoms with Crippen molar-refractivity contribution < 1.29 is 4.39 Å². The standard InChI is InChI=1S/C13H10FN3OS/c1-8-12(19-10-4-2-3-9(14)7-10)13(18)17-11(16-8)5-6-15-17/h2-7,15H,1H3. The molecule has 0 radical (unpaired) electrons. The minimum absolute atomic E-state index is 0.179. The Balaban J connectivity index is 2.12. The average molecular weight is 275 g/mol. The van der Waals surface area contributed by atoms with E-state index in [1.165, 1.54) is 28.4 Å². The third-order valence-electron chi connectivity index (χ3n) is 2.69. The van der Waals surface area contributed by atoms with Crippen molar-refractivity contribution in [2.75, 3.05) is 0 Å². The number of benzene rings is 1. The Morgan fingerprint density at radius 1 is 1.37 bits per heavy atom. The van der Waals surface area contributed by atoms with Crippen molar-refractivity contribution in [1.29, 1.82) is 0 Å². The Bertz CT molecular complexity index is 809. The van der Waals surface area contributed by atoms with Crippen LogP contribution in [0.3, 0.4) is 0 Å². The van der Waals surface area contributed by atoms with Gasteiger partial charge in [0.05, 0.1) is 5.69 Å². The highest BCUT2D eigenvalue weighted by atomic mass is 32.2. The van der Waals surface area contributed by atoms with Crippen LogP contribution < -0.4 is 5.56 Å². The Morgan fingerprint density at radius 2 is 2.21 bits per heavy atom. The maximum atomic E-state index is 13.2. The Morgan fingerprint density at radius 3 is 3.00 bits per heavy atom. The summed E-state index contributed by atoms with van der Waals surface area (Å²) >= 11 is 1.22. The lowest BCUT2D eigenvalue weighted by molar-refractivity contribution is 0.624. The maximum Gasteiger partial charge on any atom is 0.286 e. The van der Waals surface area contributed by atoms with Crippen molar-refractivity contribution in [2.24, 2.45) is 0 Å². The van der Waals surface area contributed by atoms with E-state index in [1.807, 2.05) is 0 Å². The summed E-state index contributed by atoms with van der Waals surface area (Å²) < 4.78 is 14.5. The van der Waals surface area contributed by atoms with Gasteiger partial charge in [-0.15, -0.1) is 0 Å². The smallest absolute Gasteiger partial charge is 0.286 e. The van der Waals surface area contributed by atoms with E-state index >= 15 is 0 Å². The van der Waals surface area contributed by atoms with Crippen LogP contribution in [0.15, 0.2) is 51.1 Å². The largest absolute Gasteiger partial charge is 0.297 e. The molecular formula is C13H10FN3OS. The number of hydrogen-bond acceptors (Lipinski definition) is 3. The molecule has 96 valence electrons. The predicted octanol–water partition coefficient (Wildman–Crippen LogP) is 2.62. The van der Waals surface area contributed by atoms with Gasteiger partial charge < -0.3 is 0 Å². The molecule has 0 amide bonds. The summed E-state index contributed by atoms with van der Waals surface area (Å²) in [7, 11) is 0. The van der Waals surface area contributed by atoms with Crippen LogP contribution in [0, 0.1) is 12.7 Å². The number of hydrogen-bond donors (Lipinski definition) is 1. The van der Waals surface area contributed by atoms with Crippen LogP contribution >= 0.6 is 11.8 Å². The van der Waals surface area contributed by atoms with Crippen molar-refractivity contribution in [2.45, 2.75) is 16.7 Å². The van der Waals surface area contributed by atoms with Crippen molar-refractivity contribution in [1.82, 2.24) is 14.6 Å². The molecule has 0 fully saturated rings. The van der Waals surface area contributed by atoms with Gasteiger partial charge in [0.1, 0.15) is 10.7 Å². The van der Waals surface area contributed by atoms with Gasteiger partial charge >= 0.3 is 0 Å². The zero-order valence-electron chi connectivity index (χ0n) is 10.1. The first-order chi connectivity index (χ1) is 9.15. The van der Waals surface area contributed by atoms with Gasteiger partial charge in [-0.25, -0.2) is 13.9 Å². The van der Waals surface area contributed by atoms with Gasteiger partial charge in [-0.1, -0.05) is 17.8 Å². The fourth-order valence-corrected chi connectivity index (χ4v) is 2.75. The Labute approximate surface area is 112 Å². The highest BCUT2D eigenvalue weighted by Crippen LogP contribution is 2.27. The number of aromatic amines is 1. The van der Waals surface area contributed by atoms with Crippen LogP contribution in [0.4, 0.5) is 4.39 Å². The summed E-state index contributed by atoms with van der Waals surface area (Å²) in [4.78, 5) is 17.8. The van der Waals surface area contributed by atoms with Gasteiger partial charge in [0, 0.05) is 17.2 Å². The number of nitrogens with one attached hydrogen (secondary N) is 1. The van der Waals surface area contributed by atoms with E-state index in [-0.39, 0.29) is 11.4 Å². The second-order valence-corrected chi connectivity index (χ2v) is 5.13. The first kappa shape index (κ1) is 12.0. The summed E-state index contributed by atoms with van der Waals surface area (Å²) in [5.74, 6) is -0.323. The normalized spacial score (nSPS) is 11.1. The topological polar surface area (TPSA) is 50.2 Å². The molecule has 0 spiro atoms. The van der Waals surface area contributed by atoms with Gasteiger partial charge in [0.2, 0.25) is 0 Å². The number of fused-ring (bicyclic) bond motifs is 1. The van der Waals surface area contributed by atoms with Crippen molar-refractivity contribution in [3.8, 4) is 0 Å².